The van der Waals surface area contributed by atoms with Crippen molar-refractivity contribution in [1.29, 1.82) is 0 Å². The molecule has 1 aliphatic carbocycles. The summed E-state index contributed by atoms with van der Waals surface area (Å²) >= 11 is 0. The lowest BCUT2D eigenvalue weighted by molar-refractivity contribution is 0.243. The largest absolute Gasteiger partial charge is 0.493 e. The van der Waals surface area contributed by atoms with Crippen molar-refractivity contribution in [2.75, 3.05) is 39.8 Å². The first-order valence-electron chi connectivity index (χ1n) is 7.62. The maximum Gasteiger partial charge on any atom is 0.161 e. The molecule has 1 aromatic rings. The molecule has 2 aliphatic rings. The van der Waals surface area contributed by atoms with Crippen LogP contribution in [-0.4, -0.2) is 50.8 Å². The molecular formula is C16H24N2O2. The number of rotatable bonds is 6. The number of ether oxygens (including phenoxy) is 2. The lowest BCUT2D eigenvalue weighted by Crippen LogP contribution is -2.44. The van der Waals surface area contributed by atoms with E-state index in [2.05, 4.69) is 22.3 Å². The number of methoxy groups -OCH3 is 1. The van der Waals surface area contributed by atoms with Crippen molar-refractivity contribution < 1.29 is 9.47 Å². The maximum atomic E-state index is 5.93. The van der Waals surface area contributed by atoms with E-state index in [9.17, 15) is 0 Å². The van der Waals surface area contributed by atoms with E-state index in [1.54, 1.807) is 7.11 Å². The Morgan fingerprint density at radius 2 is 2.00 bits per heavy atom. The van der Waals surface area contributed by atoms with Gasteiger partial charge in [-0.2, -0.15) is 0 Å². The van der Waals surface area contributed by atoms with Crippen LogP contribution in [-0.2, 0) is 6.42 Å². The fourth-order valence-corrected chi connectivity index (χ4v) is 2.56. The van der Waals surface area contributed by atoms with Gasteiger partial charge in [-0.05, 0) is 37.0 Å². The van der Waals surface area contributed by atoms with E-state index in [-0.39, 0.29) is 0 Å². The van der Waals surface area contributed by atoms with Crippen LogP contribution >= 0.6 is 0 Å². The molecule has 0 amide bonds. The van der Waals surface area contributed by atoms with Crippen LogP contribution in [0.1, 0.15) is 18.4 Å². The Hall–Kier alpha value is -1.26. The molecule has 1 aliphatic heterocycles. The Bertz CT molecular complexity index is 440. The highest BCUT2D eigenvalue weighted by atomic mass is 16.5. The van der Waals surface area contributed by atoms with Gasteiger partial charge in [0, 0.05) is 32.7 Å². The third kappa shape index (κ3) is 3.64. The smallest absolute Gasteiger partial charge is 0.161 e. The Morgan fingerprint density at radius 1 is 1.20 bits per heavy atom. The van der Waals surface area contributed by atoms with E-state index >= 15 is 0 Å². The lowest BCUT2D eigenvalue weighted by atomic mass is 10.1. The molecule has 3 rings (SSSR count). The average Bonchev–Trinajstić information content (AvgIpc) is 3.30. The number of nitrogens with zero attached hydrogens (tertiary/aromatic N) is 1. The summed E-state index contributed by atoms with van der Waals surface area (Å²) in [6, 6.07) is 6.34. The minimum absolute atomic E-state index is 0.410. The van der Waals surface area contributed by atoms with Crippen molar-refractivity contribution in [2.45, 2.75) is 25.4 Å². The highest BCUT2D eigenvalue weighted by Gasteiger charge is 2.25. The fraction of sp³-hybridized carbons (Fsp3) is 0.625. The van der Waals surface area contributed by atoms with Gasteiger partial charge in [-0.1, -0.05) is 6.07 Å². The van der Waals surface area contributed by atoms with Crippen LogP contribution in [0.4, 0.5) is 0 Å². The molecule has 0 atom stereocenters. The summed E-state index contributed by atoms with van der Waals surface area (Å²) in [5, 5.41) is 3.39. The quantitative estimate of drug-likeness (QED) is 0.857. The summed E-state index contributed by atoms with van der Waals surface area (Å²) in [5.74, 6) is 1.76. The molecule has 0 radical (unpaired) electrons. The average molecular weight is 276 g/mol. The first-order chi connectivity index (χ1) is 9.85. The molecule has 1 N–H and O–H groups in total. The van der Waals surface area contributed by atoms with Gasteiger partial charge < -0.3 is 19.7 Å². The summed E-state index contributed by atoms with van der Waals surface area (Å²) in [5.41, 5.74) is 1.33. The first-order valence-corrected chi connectivity index (χ1v) is 7.62. The van der Waals surface area contributed by atoms with Crippen molar-refractivity contribution in [3.05, 3.63) is 23.8 Å². The van der Waals surface area contributed by atoms with E-state index in [1.165, 1.54) is 18.4 Å². The van der Waals surface area contributed by atoms with Crippen LogP contribution in [0.3, 0.4) is 0 Å². The summed E-state index contributed by atoms with van der Waals surface area (Å²) < 4.78 is 11.3. The lowest BCUT2D eigenvalue weighted by Gasteiger charge is -2.27. The first kappa shape index (κ1) is 13.7. The van der Waals surface area contributed by atoms with Crippen LogP contribution < -0.4 is 14.8 Å². The molecule has 110 valence electrons. The minimum Gasteiger partial charge on any atom is -0.493 e. The molecule has 1 saturated heterocycles. The summed E-state index contributed by atoms with van der Waals surface area (Å²) in [6.07, 6.45) is 3.83. The molecule has 2 fully saturated rings. The summed E-state index contributed by atoms with van der Waals surface area (Å²) in [7, 11) is 1.70. The SMILES string of the molecule is COc1ccc(CCN2CCNCC2)cc1OC1CC1. The number of hydrogen-bond acceptors (Lipinski definition) is 4. The highest BCUT2D eigenvalue weighted by molar-refractivity contribution is 5.43. The monoisotopic (exact) mass is 276 g/mol. The summed E-state index contributed by atoms with van der Waals surface area (Å²) in [4.78, 5) is 2.52. The molecule has 0 bridgehead atoms. The van der Waals surface area contributed by atoms with Crippen LogP contribution in [0.15, 0.2) is 18.2 Å². The van der Waals surface area contributed by atoms with E-state index < -0.39 is 0 Å². The van der Waals surface area contributed by atoms with Crippen LogP contribution in [0, 0.1) is 0 Å². The second-order valence-electron chi connectivity index (χ2n) is 5.64. The predicted octanol–water partition coefficient (Wildman–Crippen LogP) is 1.68. The Labute approximate surface area is 121 Å². The van der Waals surface area contributed by atoms with Gasteiger partial charge in [0.05, 0.1) is 13.2 Å². The van der Waals surface area contributed by atoms with E-state index in [1.807, 2.05) is 6.07 Å². The molecule has 1 heterocycles. The van der Waals surface area contributed by atoms with Crippen molar-refractivity contribution in [2.24, 2.45) is 0 Å². The second-order valence-corrected chi connectivity index (χ2v) is 5.64. The van der Waals surface area contributed by atoms with Crippen LogP contribution in [0.25, 0.3) is 0 Å². The zero-order chi connectivity index (χ0) is 13.8. The molecule has 0 spiro atoms. The van der Waals surface area contributed by atoms with Gasteiger partial charge in [0.15, 0.2) is 11.5 Å². The molecule has 0 unspecified atom stereocenters. The predicted molar refractivity (Wildman–Crippen MR) is 79.7 cm³/mol. The van der Waals surface area contributed by atoms with Gasteiger partial charge >= 0.3 is 0 Å². The third-order valence-corrected chi connectivity index (χ3v) is 3.97. The molecule has 1 aromatic carbocycles. The topological polar surface area (TPSA) is 33.7 Å². The number of piperazine rings is 1. The zero-order valence-electron chi connectivity index (χ0n) is 12.2. The van der Waals surface area contributed by atoms with Crippen LogP contribution in [0.5, 0.6) is 11.5 Å². The van der Waals surface area contributed by atoms with Gasteiger partial charge in [0.1, 0.15) is 0 Å². The van der Waals surface area contributed by atoms with Crippen LogP contribution in [0.2, 0.25) is 0 Å². The van der Waals surface area contributed by atoms with Gasteiger partial charge in [-0.3, -0.25) is 0 Å². The van der Waals surface area contributed by atoms with E-state index in [0.29, 0.717) is 6.10 Å². The Morgan fingerprint density at radius 3 is 2.70 bits per heavy atom. The van der Waals surface area contributed by atoms with Crippen molar-refractivity contribution in [3.63, 3.8) is 0 Å². The molecule has 20 heavy (non-hydrogen) atoms. The van der Waals surface area contributed by atoms with E-state index in [4.69, 9.17) is 9.47 Å². The molecule has 4 nitrogen and oxygen atoms in total. The van der Waals surface area contributed by atoms with Gasteiger partial charge in [-0.15, -0.1) is 0 Å². The molecule has 1 saturated carbocycles. The van der Waals surface area contributed by atoms with E-state index in [0.717, 1.165) is 50.6 Å². The molecule has 4 heteroatoms. The van der Waals surface area contributed by atoms with Crippen molar-refractivity contribution >= 4 is 0 Å². The van der Waals surface area contributed by atoms with Crippen molar-refractivity contribution in [1.82, 2.24) is 10.2 Å². The van der Waals surface area contributed by atoms with Gasteiger partial charge in [0.2, 0.25) is 0 Å². The number of hydrogen-bond donors (Lipinski definition) is 1. The second kappa shape index (κ2) is 6.46. The molecular weight excluding hydrogens is 252 g/mol. The normalized spacial score (nSPS) is 19.9. The zero-order valence-corrected chi connectivity index (χ0v) is 12.2. The highest BCUT2D eigenvalue weighted by Crippen LogP contribution is 2.34. The number of benzene rings is 1. The summed E-state index contributed by atoms with van der Waals surface area (Å²) in [6.45, 7) is 5.65. The third-order valence-electron chi connectivity index (χ3n) is 3.97. The van der Waals surface area contributed by atoms with Gasteiger partial charge in [-0.25, -0.2) is 0 Å². The maximum absolute atomic E-state index is 5.93. The Balaban J connectivity index is 1.60. The molecule has 0 aromatic heterocycles. The van der Waals surface area contributed by atoms with Crippen molar-refractivity contribution in [3.8, 4) is 11.5 Å². The number of nitrogens with one attached hydrogen (secondary N) is 1. The minimum atomic E-state index is 0.410. The Kier molecular flexibility index (Phi) is 4.43. The standard InChI is InChI=1S/C16H24N2O2/c1-19-15-5-2-13(12-16(15)20-14-3-4-14)6-9-18-10-7-17-8-11-18/h2,5,12,14,17H,3-4,6-11H2,1H3. The van der Waals surface area contributed by atoms with Gasteiger partial charge in [0.25, 0.3) is 0 Å². The fourth-order valence-electron chi connectivity index (χ4n) is 2.56.